The molecular formula is C38H32N6O2S. The van der Waals surface area contributed by atoms with E-state index in [0.717, 1.165) is 50.7 Å². The van der Waals surface area contributed by atoms with E-state index in [4.69, 9.17) is 5.26 Å². The number of amides is 2. The number of fused-ring (bicyclic) bond motifs is 1. The molecule has 0 unspecified atom stereocenters. The molecule has 0 aliphatic carbocycles. The van der Waals surface area contributed by atoms with E-state index in [-0.39, 0.29) is 11.8 Å². The maximum Gasteiger partial charge on any atom is 0.264 e. The number of nitrogens with zero attached hydrogens (tertiary/aromatic N) is 6. The molecule has 1 fully saturated rings. The van der Waals surface area contributed by atoms with Crippen molar-refractivity contribution >= 4 is 44.6 Å². The molecule has 232 valence electrons. The monoisotopic (exact) mass is 636 g/mol. The van der Waals surface area contributed by atoms with Gasteiger partial charge in [-0.15, -0.1) is 11.3 Å². The maximum absolute atomic E-state index is 13.9. The van der Waals surface area contributed by atoms with Crippen LogP contribution >= 0.6 is 11.3 Å². The number of rotatable bonds is 8. The Labute approximate surface area is 277 Å². The summed E-state index contributed by atoms with van der Waals surface area (Å²) < 4.78 is 3.16. The highest BCUT2D eigenvalue weighted by Gasteiger charge is 2.25. The Morgan fingerprint density at radius 3 is 2.30 bits per heavy atom. The van der Waals surface area contributed by atoms with Gasteiger partial charge in [0, 0.05) is 60.6 Å². The summed E-state index contributed by atoms with van der Waals surface area (Å²) in [5.41, 5.74) is 4.99. The molecule has 1 saturated heterocycles. The van der Waals surface area contributed by atoms with Crippen LogP contribution in [0.1, 0.15) is 36.9 Å². The summed E-state index contributed by atoms with van der Waals surface area (Å²) in [4.78, 5) is 38.3. The lowest BCUT2D eigenvalue weighted by Crippen LogP contribution is -2.48. The fourth-order valence-electron chi connectivity index (χ4n) is 5.94. The molecule has 0 saturated carbocycles. The highest BCUT2D eigenvalue weighted by Crippen LogP contribution is 2.28. The topological polar surface area (TPSA) is 85.5 Å². The molecule has 9 heteroatoms. The van der Waals surface area contributed by atoms with Crippen molar-refractivity contribution in [2.24, 2.45) is 0 Å². The number of anilines is 2. The van der Waals surface area contributed by atoms with Crippen LogP contribution in [0.15, 0.2) is 122 Å². The predicted octanol–water partition coefficient (Wildman–Crippen LogP) is 6.83. The summed E-state index contributed by atoms with van der Waals surface area (Å²) in [7, 11) is 0. The van der Waals surface area contributed by atoms with Crippen LogP contribution in [0.2, 0.25) is 0 Å². The van der Waals surface area contributed by atoms with Gasteiger partial charge in [0.1, 0.15) is 0 Å². The lowest BCUT2D eigenvalue weighted by Gasteiger charge is -2.36. The third kappa shape index (κ3) is 6.50. The molecule has 3 heterocycles. The zero-order chi connectivity index (χ0) is 32.2. The minimum atomic E-state index is -0.0992. The lowest BCUT2D eigenvalue weighted by atomic mass is 10.1. The molecular weight excluding hydrogens is 605 g/mol. The molecule has 0 spiro atoms. The van der Waals surface area contributed by atoms with Gasteiger partial charge in [0.15, 0.2) is 0 Å². The van der Waals surface area contributed by atoms with Crippen molar-refractivity contribution in [1.29, 1.82) is 5.26 Å². The van der Waals surface area contributed by atoms with Gasteiger partial charge in [-0.05, 0) is 71.6 Å². The van der Waals surface area contributed by atoms with Crippen molar-refractivity contribution in [3.05, 3.63) is 149 Å². The number of hydrogen-bond acceptors (Lipinski definition) is 6. The Balaban J connectivity index is 1.06. The van der Waals surface area contributed by atoms with Gasteiger partial charge in [0.05, 0.1) is 35.1 Å². The van der Waals surface area contributed by atoms with Crippen LogP contribution in [-0.4, -0.2) is 52.4 Å². The summed E-state index contributed by atoms with van der Waals surface area (Å²) in [5, 5.41) is 10.3. The van der Waals surface area contributed by atoms with E-state index < -0.39 is 0 Å². The van der Waals surface area contributed by atoms with E-state index >= 15 is 0 Å². The molecule has 47 heavy (non-hydrogen) atoms. The first-order valence-electron chi connectivity index (χ1n) is 15.5. The molecule has 2 amide bonds. The minimum absolute atomic E-state index is 0.0923. The summed E-state index contributed by atoms with van der Waals surface area (Å²) in [5.74, 6) is -0.00692. The Hall–Kier alpha value is -5.72. The fraction of sp³-hybridized carbons (Fsp3) is 0.158. The highest BCUT2D eigenvalue weighted by molar-refractivity contribution is 7.20. The van der Waals surface area contributed by atoms with Crippen LogP contribution in [0, 0.1) is 11.3 Å². The van der Waals surface area contributed by atoms with Gasteiger partial charge >= 0.3 is 0 Å². The zero-order valence-corrected chi connectivity index (χ0v) is 26.5. The van der Waals surface area contributed by atoms with Crippen molar-refractivity contribution in [2.75, 3.05) is 36.0 Å². The number of piperazine rings is 1. The van der Waals surface area contributed by atoms with E-state index in [1.165, 1.54) is 0 Å². The summed E-state index contributed by atoms with van der Waals surface area (Å²) in [6.07, 6.45) is 3.57. The van der Waals surface area contributed by atoms with Crippen LogP contribution < -0.4 is 9.80 Å². The number of nitriles is 1. The number of imidazole rings is 1. The molecule has 4 aromatic carbocycles. The molecule has 1 aliphatic rings. The lowest BCUT2D eigenvalue weighted by molar-refractivity contribution is 0.0751. The Morgan fingerprint density at radius 2 is 1.57 bits per heavy atom. The number of hydrogen-bond donors (Lipinski definition) is 0. The number of carbonyl (C=O) groups excluding carboxylic acids is 2. The van der Waals surface area contributed by atoms with Gasteiger partial charge < -0.3 is 19.3 Å². The van der Waals surface area contributed by atoms with Gasteiger partial charge in [0.25, 0.3) is 11.8 Å². The summed E-state index contributed by atoms with van der Waals surface area (Å²) in [6.45, 7) is 3.67. The molecule has 0 radical (unpaired) electrons. The minimum Gasteiger partial charge on any atom is -0.368 e. The average Bonchev–Trinajstić information content (AvgIpc) is 3.77. The first-order valence-corrected chi connectivity index (χ1v) is 16.4. The maximum atomic E-state index is 13.9. The van der Waals surface area contributed by atoms with Crippen LogP contribution in [0.5, 0.6) is 0 Å². The van der Waals surface area contributed by atoms with E-state index in [1.54, 1.807) is 28.8 Å². The molecule has 8 nitrogen and oxygen atoms in total. The number of thiophene rings is 1. The van der Waals surface area contributed by atoms with Gasteiger partial charge in [-0.1, -0.05) is 48.5 Å². The van der Waals surface area contributed by atoms with Gasteiger partial charge in [0.2, 0.25) is 0 Å². The summed E-state index contributed by atoms with van der Waals surface area (Å²) in [6, 6.07) is 37.1. The first kappa shape index (κ1) is 30.0. The molecule has 7 rings (SSSR count). The molecule has 1 aliphatic heterocycles. The number of benzene rings is 4. The van der Waals surface area contributed by atoms with Crippen molar-refractivity contribution in [3.63, 3.8) is 0 Å². The van der Waals surface area contributed by atoms with Crippen LogP contribution in [0.4, 0.5) is 11.4 Å². The molecule has 0 N–H and O–H groups in total. The molecule has 0 bridgehead atoms. The molecule has 6 aromatic rings. The first-order chi connectivity index (χ1) is 23.1. The third-order valence-electron chi connectivity index (χ3n) is 8.55. The van der Waals surface area contributed by atoms with Gasteiger partial charge in [-0.3, -0.25) is 9.59 Å². The molecule has 0 atom stereocenters. The number of carbonyl (C=O) groups is 2. The van der Waals surface area contributed by atoms with Crippen LogP contribution in [0.3, 0.4) is 0 Å². The quantitative estimate of drug-likeness (QED) is 0.183. The highest BCUT2D eigenvalue weighted by atomic mass is 32.1. The largest absolute Gasteiger partial charge is 0.368 e. The standard InChI is InChI=1S/C38H32N6O2S/c39-23-28-10-12-29(13-11-28)25-43-27-40-24-34(43)26-44(37(45)30-6-2-1-3-7-30)33-16-14-32(15-17-33)41-18-20-42(21-19-41)38(46)36-22-31-8-4-5-9-35(31)47-36/h1-17,22,24,27H,18-21,25-26H2. The van der Waals surface area contributed by atoms with Crippen molar-refractivity contribution < 1.29 is 9.59 Å². The Morgan fingerprint density at radius 1 is 0.851 bits per heavy atom. The normalized spacial score (nSPS) is 13.0. The second-order valence-corrected chi connectivity index (χ2v) is 12.6. The zero-order valence-electron chi connectivity index (χ0n) is 25.7. The average molecular weight is 637 g/mol. The smallest absolute Gasteiger partial charge is 0.264 e. The number of aromatic nitrogens is 2. The Bertz CT molecular complexity index is 2020. The van der Waals surface area contributed by atoms with Crippen LogP contribution in [0.25, 0.3) is 10.1 Å². The van der Waals surface area contributed by atoms with Crippen molar-refractivity contribution in [1.82, 2.24) is 14.5 Å². The molecule has 2 aromatic heterocycles. The summed E-state index contributed by atoms with van der Waals surface area (Å²) >= 11 is 1.55. The second-order valence-electron chi connectivity index (χ2n) is 11.5. The van der Waals surface area contributed by atoms with E-state index in [0.29, 0.717) is 37.3 Å². The van der Waals surface area contributed by atoms with E-state index in [2.05, 4.69) is 34.2 Å². The second kappa shape index (κ2) is 13.3. The predicted molar refractivity (Wildman–Crippen MR) is 186 cm³/mol. The van der Waals surface area contributed by atoms with Crippen LogP contribution in [-0.2, 0) is 13.1 Å². The third-order valence-corrected chi connectivity index (χ3v) is 9.65. The fourth-order valence-corrected chi connectivity index (χ4v) is 6.97. The van der Waals surface area contributed by atoms with E-state index in [9.17, 15) is 9.59 Å². The van der Waals surface area contributed by atoms with Gasteiger partial charge in [-0.2, -0.15) is 5.26 Å². The van der Waals surface area contributed by atoms with E-state index in [1.807, 2.05) is 100 Å². The SMILES string of the molecule is N#Cc1ccc(Cn2cncc2CN(C(=O)c2ccccc2)c2ccc(N3CCN(C(=O)c4cc5ccccc5s4)CC3)cc2)cc1. The van der Waals surface area contributed by atoms with Crippen molar-refractivity contribution in [2.45, 2.75) is 13.1 Å². The van der Waals surface area contributed by atoms with Crippen molar-refractivity contribution in [3.8, 4) is 6.07 Å². The van der Waals surface area contributed by atoms with Gasteiger partial charge in [-0.25, -0.2) is 4.98 Å². The Kier molecular flexibility index (Phi) is 8.50.